The van der Waals surface area contributed by atoms with Crippen molar-refractivity contribution < 1.29 is 4.79 Å². The molecule has 0 spiro atoms. The SMILES string of the molecule is CCCCN(C)C(=NCC(=O)N(C)C)NCCc1ccccc1.I. The topological polar surface area (TPSA) is 47.9 Å². The summed E-state index contributed by atoms with van der Waals surface area (Å²) in [6.07, 6.45) is 3.18. The number of guanidine groups is 1. The van der Waals surface area contributed by atoms with Crippen molar-refractivity contribution >= 4 is 35.8 Å². The molecular formula is C18H31IN4O. The Kier molecular flexibility index (Phi) is 12.3. The molecule has 0 aliphatic rings. The van der Waals surface area contributed by atoms with Gasteiger partial charge in [-0.25, -0.2) is 4.99 Å². The Morgan fingerprint density at radius 1 is 1.17 bits per heavy atom. The molecule has 0 unspecified atom stereocenters. The number of hydrogen-bond acceptors (Lipinski definition) is 2. The van der Waals surface area contributed by atoms with Gasteiger partial charge in [-0.15, -0.1) is 24.0 Å². The number of benzene rings is 1. The number of halogens is 1. The number of nitrogens with one attached hydrogen (secondary N) is 1. The number of likely N-dealkylation sites (N-methyl/N-ethyl adjacent to an activating group) is 1. The van der Waals surface area contributed by atoms with Gasteiger partial charge in [-0.05, 0) is 18.4 Å². The average Bonchev–Trinajstić information content (AvgIpc) is 2.56. The van der Waals surface area contributed by atoms with Gasteiger partial charge in [-0.3, -0.25) is 4.79 Å². The van der Waals surface area contributed by atoms with Crippen LogP contribution in [0.2, 0.25) is 0 Å². The molecule has 136 valence electrons. The van der Waals surface area contributed by atoms with Crippen LogP contribution in [0.3, 0.4) is 0 Å². The Balaban J connectivity index is 0.00000529. The number of carbonyl (C=O) groups excluding carboxylic acids is 1. The van der Waals surface area contributed by atoms with Gasteiger partial charge < -0.3 is 15.1 Å². The molecule has 0 saturated heterocycles. The highest BCUT2D eigenvalue weighted by molar-refractivity contribution is 14.0. The predicted octanol–water partition coefficient (Wildman–Crippen LogP) is 2.61. The minimum absolute atomic E-state index is 0. The summed E-state index contributed by atoms with van der Waals surface area (Å²) >= 11 is 0. The highest BCUT2D eigenvalue weighted by atomic mass is 127. The van der Waals surface area contributed by atoms with E-state index in [2.05, 4.69) is 34.3 Å². The second kappa shape index (κ2) is 13.0. The summed E-state index contributed by atoms with van der Waals surface area (Å²) in [7, 11) is 5.52. The van der Waals surface area contributed by atoms with E-state index in [4.69, 9.17) is 0 Å². The first-order chi connectivity index (χ1) is 11.0. The summed E-state index contributed by atoms with van der Waals surface area (Å²) < 4.78 is 0. The summed E-state index contributed by atoms with van der Waals surface area (Å²) in [6, 6.07) is 10.4. The van der Waals surface area contributed by atoms with Crippen LogP contribution in [-0.4, -0.2) is 62.4 Å². The van der Waals surface area contributed by atoms with Crippen molar-refractivity contribution in [2.45, 2.75) is 26.2 Å². The Bertz CT molecular complexity index is 491. The maximum atomic E-state index is 11.8. The van der Waals surface area contributed by atoms with Gasteiger partial charge in [0.25, 0.3) is 0 Å². The summed E-state index contributed by atoms with van der Waals surface area (Å²) in [5.41, 5.74) is 1.29. The fraction of sp³-hybridized carbons (Fsp3) is 0.556. The van der Waals surface area contributed by atoms with Crippen molar-refractivity contribution in [3.63, 3.8) is 0 Å². The highest BCUT2D eigenvalue weighted by Gasteiger charge is 2.08. The van der Waals surface area contributed by atoms with Crippen LogP contribution in [0.1, 0.15) is 25.3 Å². The molecule has 0 fully saturated rings. The van der Waals surface area contributed by atoms with Crippen LogP contribution in [0.15, 0.2) is 35.3 Å². The van der Waals surface area contributed by atoms with Gasteiger partial charge in [0.15, 0.2) is 5.96 Å². The number of amides is 1. The van der Waals surface area contributed by atoms with Crippen LogP contribution in [0.4, 0.5) is 0 Å². The zero-order chi connectivity index (χ0) is 17.1. The molecule has 0 heterocycles. The molecule has 0 radical (unpaired) electrons. The third kappa shape index (κ3) is 9.10. The van der Waals surface area contributed by atoms with E-state index in [1.807, 2.05) is 25.2 Å². The minimum atomic E-state index is 0. The monoisotopic (exact) mass is 446 g/mol. The molecule has 1 aromatic carbocycles. The Labute approximate surface area is 163 Å². The van der Waals surface area contributed by atoms with E-state index in [0.717, 1.165) is 38.3 Å². The molecular weight excluding hydrogens is 415 g/mol. The lowest BCUT2D eigenvalue weighted by molar-refractivity contribution is -0.127. The number of carbonyl (C=O) groups is 1. The summed E-state index contributed by atoms with van der Waals surface area (Å²) in [5, 5.41) is 3.38. The van der Waals surface area contributed by atoms with Gasteiger partial charge in [0, 0.05) is 34.2 Å². The fourth-order valence-electron chi connectivity index (χ4n) is 2.06. The Morgan fingerprint density at radius 2 is 1.83 bits per heavy atom. The number of unbranched alkanes of at least 4 members (excludes halogenated alkanes) is 1. The van der Waals surface area contributed by atoms with Crippen LogP contribution in [0, 0.1) is 0 Å². The molecule has 0 saturated carbocycles. The van der Waals surface area contributed by atoms with Crippen LogP contribution in [0.25, 0.3) is 0 Å². The number of hydrogen-bond donors (Lipinski definition) is 1. The fourth-order valence-corrected chi connectivity index (χ4v) is 2.06. The molecule has 1 amide bonds. The van der Waals surface area contributed by atoms with Gasteiger partial charge in [0.05, 0.1) is 0 Å². The smallest absolute Gasteiger partial charge is 0.243 e. The van der Waals surface area contributed by atoms with Crippen LogP contribution >= 0.6 is 24.0 Å². The van der Waals surface area contributed by atoms with Crippen LogP contribution in [-0.2, 0) is 11.2 Å². The van der Waals surface area contributed by atoms with Gasteiger partial charge in [-0.2, -0.15) is 0 Å². The van der Waals surface area contributed by atoms with Crippen molar-refractivity contribution in [1.29, 1.82) is 0 Å². The van der Waals surface area contributed by atoms with E-state index in [9.17, 15) is 4.79 Å². The lowest BCUT2D eigenvalue weighted by Crippen LogP contribution is -2.41. The first-order valence-electron chi connectivity index (χ1n) is 8.28. The lowest BCUT2D eigenvalue weighted by Gasteiger charge is -2.22. The number of aliphatic imine (C=N–C) groups is 1. The second-order valence-corrected chi connectivity index (χ2v) is 5.87. The molecule has 1 N–H and O–H groups in total. The van der Waals surface area contributed by atoms with Crippen molar-refractivity contribution in [1.82, 2.24) is 15.1 Å². The third-order valence-electron chi connectivity index (χ3n) is 3.61. The molecule has 5 nitrogen and oxygen atoms in total. The molecule has 0 bridgehead atoms. The van der Waals surface area contributed by atoms with E-state index in [1.54, 1.807) is 19.0 Å². The second-order valence-electron chi connectivity index (χ2n) is 5.87. The molecule has 1 aromatic rings. The quantitative estimate of drug-likeness (QED) is 0.380. The van der Waals surface area contributed by atoms with Crippen LogP contribution in [0.5, 0.6) is 0 Å². The molecule has 24 heavy (non-hydrogen) atoms. The maximum Gasteiger partial charge on any atom is 0.243 e. The van der Waals surface area contributed by atoms with Gasteiger partial charge in [-0.1, -0.05) is 43.7 Å². The standard InChI is InChI=1S/C18H30N4O.HI/c1-5-6-14-22(4)18(20-15-17(23)21(2)3)19-13-12-16-10-8-7-9-11-16;/h7-11H,5-6,12-15H2,1-4H3,(H,19,20);1H. The first kappa shape index (κ1) is 22.7. The zero-order valence-electron chi connectivity index (χ0n) is 15.3. The van der Waals surface area contributed by atoms with Crippen LogP contribution < -0.4 is 5.32 Å². The van der Waals surface area contributed by atoms with Crippen molar-refractivity contribution in [2.75, 3.05) is 40.8 Å². The van der Waals surface area contributed by atoms with Gasteiger partial charge >= 0.3 is 0 Å². The molecule has 0 atom stereocenters. The largest absolute Gasteiger partial charge is 0.356 e. The number of nitrogens with zero attached hydrogens (tertiary/aromatic N) is 3. The molecule has 0 aliphatic carbocycles. The highest BCUT2D eigenvalue weighted by Crippen LogP contribution is 1.99. The molecule has 0 aromatic heterocycles. The van der Waals surface area contributed by atoms with E-state index in [-0.39, 0.29) is 36.4 Å². The lowest BCUT2D eigenvalue weighted by atomic mass is 10.1. The number of rotatable bonds is 8. The molecule has 6 heteroatoms. The normalized spacial score (nSPS) is 10.8. The Morgan fingerprint density at radius 3 is 2.42 bits per heavy atom. The minimum Gasteiger partial charge on any atom is -0.356 e. The average molecular weight is 446 g/mol. The van der Waals surface area contributed by atoms with E-state index < -0.39 is 0 Å². The summed E-state index contributed by atoms with van der Waals surface area (Å²) in [6.45, 7) is 4.08. The van der Waals surface area contributed by atoms with Gasteiger partial charge in [0.2, 0.25) is 5.91 Å². The van der Waals surface area contributed by atoms with E-state index >= 15 is 0 Å². The summed E-state index contributed by atoms with van der Waals surface area (Å²) in [5.74, 6) is 0.806. The maximum absolute atomic E-state index is 11.8. The Hall–Kier alpha value is -1.31. The molecule has 1 rings (SSSR count). The van der Waals surface area contributed by atoms with E-state index in [1.165, 1.54) is 5.56 Å². The van der Waals surface area contributed by atoms with Crippen molar-refractivity contribution in [3.8, 4) is 0 Å². The molecule has 0 aliphatic heterocycles. The third-order valence-corrected chi connectivity index (χ3v) is 3.61. The predicted molar refractivity (Wildman–Crippen MR) is 112 cm³/mol. The van der Waals surface area contributed by atoms with Gasteiger partial charge in [0.1, 0.15) is 6.54 Å². The first-order valence-corrected chi connectivity index (χ1v) is 8.28. The summed E-state index contributed by atoms with van der Waals surface area (Å²) in [4.78, 5) is 19.9. The zero-order valence-corrected chi connectivity index (χ0v) is 17.6. The van der Waals surface area contributed by atoms with Crippen molar-refractivity contribution in [2.24, 2.45) is 4.99 Å². The van der Waals surface area contributed by atoms with E-state index in [0.29, 0.717) is 0 Å². The van der Waals surface area contributed by atoms with Crippen molar-refractivity contribution in [3.05, 3.63) is 35.9 Å².